The zero-order valence-corrected chi connectivity index (χ0v) is 15.9. The van der Waals surface area contributed by atoms with E-state index >= 15 is 0 Å². The zero-order valence-electron chi connectivity index (χ0n) is 15.9. The number of hydrogen-bond donors (Lipinski definition) is 0. The molecular weight excluding hydrogens is 342 g/mol. The molecule has 1 fully saturated rings. The third-order valence-electron chi connectivity index (χ3n) is 5.60. The zero-order chi connectivity index (χ0) is 18.6. The molecule has 27 heavy (non-hydrogen) atoms. The van der Waals surface area contributed by atoms with Gasteiger partial charge in [-0.05, 0) is 36.5 Å². The van der Waals surface area contributed by atoms with E-state index in [-0.39, 0.29) is 12.7 Å². The van der Waals surface area contributed by atoms with E-state index in [0.717, 1.165) is 29.4 Å². The lowest BCUT2D eigenvalue weighted by atomic mass is 9.89. The lowest BCUT2D eigenvalue weighted by Gasteiger charge is -2.30. The molecular formula is C21H27N3O3. The van der Waals surface area contributed by atoms with Crippen LogP contribution in [0.25, 0.3) is 0 Å². The molecule has 2 aromatic rings. The van der Waals surface area contributed by atoms with Crippen LogP contribution in [0.15, 0.2) is 30.6 Å². The van der Waals surface area contributed by atoms with Gasteiger partial charge in [-0.2, -0.15) is 0 Å². The first-order valence-electron chi connectivity index (χ1n) is 9.81. The summed E-state index contributed by atoms with van der Waals surface area (Å²) in [5.74, 6) is 3.13. The third kappa shape index (κ3) is 4.26. The van der Waals surface area contributed by atoms with Gasteiger partial charge in [0, 0.05) is 26.0 Å². The largest absolute Gasteiger partial charge is 0.454 e. The van der Waals surface area contributed by atoms with Gasteiger partial charge in [0.05, 0.1) is 13.0 Å². The predicted molar refractivity (Wildman–Crippen MR) is 101 cm³/mol. The standard InChI is InChI=1S/C21H27N3O3/c1-23-10-9-22-20(23)14-24(13-16-5-3-2-4-6-16)21(25)12-17-7-8-18-19(11-17)27-15-26-18/h7-11,16H,2-6,12-15H2,1H3. The Morgan fingerprint density at radius 2 is 2.04 bits per heavy atom. The van der Waals surface area contributed by atoms with Crippen LogP contribution in [0.5, 0.6) is 11.5 Å². The quantitative estimate of drug-likeness (QED) is 0.784. The van der Waals surface area contributed by atoms with Crippen LogP contribution in [0.3, 0.4) is 0 Å². The van der Waals surface area contributed by atoms with Crippen LogP contribution < -0.4 is 9.47 Å². The molecule has 0 radical (unpaired) electrons. The van der Waals surface area contributed by atoms with Crippen molar-refractivity contribution in [3.63, 3.8) is 0 Å². The van der Waals surface area contributed by atoms with Crippen LogP contribution in [0, 0.1) is 5.92 Å². The lowest BCUT2D eigenvalue weighted by Crippen LogP contribution is -2.37. The number of amides is 1. The van der Waals surface area contributed by atoms with Crippen LogP contribution in [-0.4, -0.2) is 33.7 Å². The van der Waals surface area contributed by atoms with Crippen molar-refractivity contribution in [1.82, 2.24) is 14.5 Å². The molecule has 1 aromatic carbocycles. The normalized spacial score (nSPS) is 16.5. The average Bonchev–Trinajstić information content (AvgIpc) is 3.30. The minimum atomic E-state index is 0.141. The SMILES string of the molecule is Cn1ccnc1CN(CC1CCCCC1)C(=O)Cc1ccc2c(c1)OCO2. The molecule has 1 aromatic heterocycles. The van der Waals surface area contributed by atoms with Gasteiger partial charge in [0.2, 0.25) is 12.7 Å². The number of hydrogen-bond acceptors (Lipinski definition) is 4. The highest BCUT2D eigenvalue weighted by atomic mass is 16.7. The van der Waals surface area contributed by atoms with Gasteiger partial charge in [-0.25, -0.2) is 4.98 Å². The summed E-state index contributed by atoms with van der Waals surface area (Å²) in [7, 11) is 1.98. The van der Waals surface area contributed by atoms with E-state index in [9.17, 15) is 4.79 Å². The van der Waals surface area contributed by atoms with Gasteiger partial charge in [-0.15, -0.1) is 0 Å². The average molecular weight is 369 g/mol. The molecule has 0 bridgehead atoms. The highest BCUT2D eigenvalue weighted by Crippen LogP contribution is 2.33. The van der Waals surface area contributed by atoms with Crippen LogP contribution in [0.4, 0.5) is 0 Å². The van der Waals surface area contributed by atoms with E-state index in [1.807, 2.05) is 40.9 Å². The number of rotatable bonds is 6. The molecule has 0 saturated heterocycles. The smallest absolute Gasteiger partial charge is 0.231 e. The van der Waals surface area contributed by atoms with Crippen molar-refractivity contribution in [3.8, 4) is 11.5 Å². The molecule has 1 aliphatic heterocycles. The maximum atomic E-state index is 13.1. The fourth-order valence-corrected chi connectivity index (χ4v) is 3.99. The Labute approximate surface area is 160 Å². The summed E-state index contributed by atoms with van der Waals surface area (Å²) in [4.78, 5) is 19.5. The maximum absolute atomic E-state index is 13.1. The van der Waals surface area contributed by atoms with Crippen molar-refractivity contribution in [2.24, 2.45) is 13.0 Å². The Balaban J connectivity index is 1.47. The summed E-state index contributed by atoms with van der Waals surface area (Å²) in [6, 6.07) is 5.75. The van der Waals surface area contributed by atoms with Gasteiger partial charge in [0.15, 0.2) is 11.5 Å². The first-order valence-corrected chi connectivity index (χ1v) is 9.81. The third-order valence-corrected chi connectivity index (χ3v) is 5.60. The summed E-state index contributed by atoms with van der Waals surface area (Å²) in [6.45, 7) is 1.62. The Morgan fingerprint density at radius 1 is 1.22 bits per heavy atom. The summed E-state index contributed by atoms with van der Waals surface area (Å²) in [5, 5.41) is 0. The van der Waals surface area contributed by atoms with Crippen molar-refractivity contribution in [3.05, 3.63) is 42.0 Å². The second kappa shape index (κ2) is 8.03. The molecule has 0 spiro atoms. The van der Waals surface area contributed by atoms with E-state index < -0.39 is 0 Å². The fraction of sp³-hybridized carbons (Fsp3) is 0.524. The van der Waals surface area contributed by atoms with E-state index in [2.05, 4.69) is 4.98 Å². The molecule has 4 rings (SSSR count). The first-order chi connectivity index (χ1) is 13.2. The molecule has 0 N–H and O–H groups in total. The predicted octanol–water partition coefficient (Wildman–Crippen LogP) is 3.30. The van der Waals surface area contributed by atoms with Crippen LogP contribution in [-0.2, 0) is 24.8 Å². The summed E-state index contributed by atoms with van der Waals surface area (Å²) >= 11 is 0. The number of aryl methyl sites for hydroxylation is 1. The molecule has 6 nitrogen and oxygen atoms in total. The molecule has 144 valence electrons. The topological polar surface area (TPSA) is 56.6 Å². The Morgan fingerprint density at radius 3 is 2.81 bits per heavy atom. The molecule has 0 unspecified atom stereocenters. The number of imidazole rings is 1. The second-order valence-electron chi connectivity index (χ2n) is 7.60. The molecule has 1 aliphatic carbocycles. The minimum absolute atomic E-state index is 0.141. The Kier molecular flexibility index (Phi) is 5.32. The number of ether oxygens (including phenoxy) is 2. The van der Waals surface area contributed by atoms with Crippen LogP contribution in [0.2, 0.25) is 0 Å². The summed E-state index contributed by atoms with van der Waals surface area (Å²) < 4.78 is 12.8. The van der Waals surface area contributed by atoms with Crippen molar-refractivity contribution >= 4 is 5.91 Å². The van der Waals surface area contributed by atoms with Gasteiger partial charge >= 0.3 is 0 Å². The fourth-order valence-electron chi connectivity index (χ4n) is 3.99. The van der Waals surface area contributed by atoms with E-state index in [1.165, 1.54) is 32.1 Å². The van der Waals surface area contributed by atoms with Crippen molar-refractivity contribution in [1.29, 1.82) is 0 Å². The molecule has 2 aliphatic rings. The minimum Gasteiger partial charge on any atom is -0.454 e. The first kappa shape index (κ1) is 17.9. The lowest BCUT2D eigenvalue weighted by molar-refractivity contribution is -0.132. The van der Waals surface area contributed by atoms with Crippen LogP contribution >= 0.6 is 0 Å². The van der Waals surface area contributed by atoms with Gasteiger partial charge in [-0.1, -0.05) is 25.3 Å². The number of fused-ring (bicyclic) bond motifs is 1. The molecule has 1 amide bonds. The van der Waals surface area contributed by atoms with Crippen molar-refractivity contribution < 1.29 is 14.3 Å². The monoisotopic (exact) mass is 369 g/mol. The molecule has 1 saturated carbocycles. The summed E-state index contributed by atoms with van der Waals surface area (Å²) in [6.07, 6.45) is 10.4. The van der Waals surface area contributed by atoms with E-state index in [4.69, 9.17) is 9.47 Å². The number of aromatic nitrogens is 2. The number of benzene rings is 1. The molecule has 2 heterocycles. The Hall–Kier alpha value is -2.50. The van der Waals surface area contributed by atoms with Gasteiger partial charge in [0.25, 0.3) is 0 Å². The highest BCUT2D eigenvalue weighted by molar-refractivity contribution is 5.79. The van der Waals surface area contributed by atoms with Crippen molar-refractivity contribution in [2.75, 3.05) is 13.3 Å². The van der Waals surface area contributed by atoms with Crippen LogP contribution in [0.1, 0.15) is 43.5 Å². The van der Waals surface area contributed by atoms with E-state index in [1.54, 1.807) is 6.20 Å². The second-order valence-corrected chi connectivity index (χ2v) is 7.60. The molecule has 0 atom stereocenters. The maximum Gasteiger partial charge on any atom is 0.231 e. The Bertz CT molecular complexity index is 796. The van der Waals surface area contributed by atoms with E-state index in [0.29, 0.717) is 18.9 Å². The number of nitrogens with zero attached hydrogens (tertiary/aromatic N) is 3. The van der Waals surface area contributed by atoms with Gasteiger partial charge in [-0.3, -0.25) is 4.79 Å². The number of carbonyl (C=O) groups excluding carboxylic acids is 1. The molecule has 6 heteroatoms. The van der Waals surface area contributed by atoms with Gasteiger partial charge < -0.3 is 18.9 Å². The highest BCUT2D eigenvalue weighted by Gasteiger charge is 2.23. The van der Waals surface area contributed by atoms with Gasteiger partial charge in [0.1, 0.15) is 5.82 Å². The number of carbonyl (C=O) groups is 1. The summed E-state index contributed by atoms with van der Waals surface area (Å²) in [5.41, 5.74) is 0.956. The van der Waals surface area contributed by atoms with Crippen molar-refractivity contribution in [2.45, 2.75) is 45.1 Å².